The molecule has 1 aliphatic carbocycles. The van der Waals surface area contributed by atoms with Crippen molar-refractivity contribution < 1.29 is 9.53 Å². The predicted octanol–water partition coefficient (Wildman–Crippen LogP) is 4.02. The summed E-state index contributed by atoms with van der Waals surface area (Å²) in [6, 6.07) is 5.90. The third kappa shape index (κ3) is 3.34. The average Bonchev–Trinajstić information content (AvgIpc) is 2.35. The molecule has 2 nitrogen and oxygen atoms in total. The van der Waals surface area contributed by atoms with Crippen molar-refractivity contribution in [2.45, 2.75) is 46.0 Å². The first-order valence-electron chi connectivity index (χ1n) is 6.96. The van der Waals surface area contributed by atoms with Crippen LogP contribution < -0.4 is 4.74 Å². The fraction of sp³-hybridized carbons (Fsp3) is 0.562. The topological polar surface area (TPSA) is 26.3 Å². The van der Waals surface area contributed by atoms with Crippen LogP contribution in [0.2, 0.25) is 0 Å². The SMILES string of the molecule is CC(C)CCCOc1ccc2c(c1)CCCC2=O. The molecule has 0 saturated carbocycles. The summed E-state index contributed by atoms with van der Waals surface area (Å²) in [5.41, 5.74) is 2.06. The van der Waals surface area contributed by atoms with Gasteiger partial charge in [0.05, 0.1) is 6.61 Å². The van der Waals surface area contributed by atoms with Crippen molar-refractivity contribution in [2.24, 2.45) is 5.92 Å². The summed E-state index contributed by atoms with van der Waals surface area (Å²) in [6.07, 6.45) is 4.96. The molecule has 0 aliphatic heterocycles. The number of hydrogen-bond donors (Lipinski definition) is 0. The van der Waals surface area contributed by atoms with E-state index in [2.05, 4.69) is 13.8 Å². The third-order valence-corrected chi connectivity index (χ3v) is 3.42. The first kappa shape index (κ1) is 13.1. The molecule has 0 bridgehead atoms. The molecule has 1 aliphatic rings. The minimum atomic E-state index is 0.280. The molecular weight excluding hydrogens is 224 g/mol. The molecule has 0 unspecified atom stereocenters. The second-order valence-electron chi connectivity index (χ2n) is 5.48. The van der Waals surface area contributed by atoms with Crippen LogP contribution in [0.1, 0.15) is 55.5 Å². The van der Waals surface area contributed by atoms with Gasteiger partial charge in [-0.25, -0.2) is 0 Å². The van der Waals surface area contributed by atoms with Gasteiger partial charge in [0, 0.05) is 12.0 Å². The zero-order chi connectivity index (χ0) is 13.0. The van der Waals surface area contributed by atoms with Crippen LogP contribution in [0.3, 0.4) is 0 Å². The number of carbonyl (C=O) groups excluding carboxylic acids is 1. The van der Waals surface area contributed by atoms with Crippen LogP contribution in [-0.2, 0) is 6.42 Å². The number of aryl methyl sites for hydroxylation is 1. The summed E-state index contributed by atoms with van der Waals surface area (Å²) < 4.78 is 5.75. The first-order valence-corrected chi connectivity index (χ1v) is 6.96. The van der Waals surface area contributed by atoms with Crippen molar-refractivity contribution in [3.8, 4) is 5.75 Å². The van der Waals surface area contributed by atoms with Gasteiger partial charge in [0.15, 0.2) is 5.78 Å². The first-order chi connectivity index (χ1) is 8.66. The lowest BCUT2D eigenvalue weighted by Crippen LogP contribution is -2.11. The molecule has 0 atom stereocenters. The van der Waals surface area contributed by atoms with E-state index in [1.807, 2.05) is 18.2 Å². The van der Waals surface area contributed by atoms with Gasteiger partial charge in [-0.05, 0) is 55.4 Å². The minimum absolute atomic E-state index is 0.280. The zero-order valence-corrected chi connectivity index (χ0v) is 11.4. The highest BCUT2D eigenvalue weighted by atomic mass is 16.5. The molecular formula is C16H22O2. The van der Waals surface area contributed by atoms with E-state index in [-0.39, 0.29) is 5.78 Å². The second kappa shape index (κ2) is 6.03. The van der Waals surface area contributed by atoms with Crippen molar-refractivity contribution in [2.75, 3.05) is 6.61 Å². The molecule has 98 valence electrons. The summed E-state index contributed by atoms with van der Waals surface area (Å²) in [4.78, 5) is 11.7. The maximum absolute atomic E-state index is 11.7. The minimum Gasteiger partial charge on any atom is -0.494 e. The molecule has 2 heteroatoms. The van der Waals surface area contributed by atoms with Gasteiger partial charge in [-0.3, -0.25) is 4.79 Å². The Bertz CT molecular complexity index is 421. The largest absolute Gasteiger partial charge is 0.494 e. The molecule has 0 saturated heterocycles. The maximum Gasteiger partial charge on any atom is 0.163 e. The maximum atomic E-state index is 11.7. The summed E-state index contributed by atoms with van der Waals surface area (Å²) in [6.45, 7) is 5.22. The van der Waals surface area contributed by atoms with Crippen LogP contribution in [0.5, 0.6) is 5.75 Å². The van der Waals surface area contributed by atoms with Crippen molar-refractivity contribution in [1.29, 1.82) is 0 Å². The van der Waals surface area contributed by atoms with Crippen molar-refractivity contribution in [3.63, 3.8) is 0 Å². The van der Waals surface area contributed by atoms with Gasteiger partial charge < -0.3 is 4.74 Å². The highest BCUT2D eigenvalue weighted by Gasteiger charge is 2.17. The lowest BCUT2D eigenvalue weighted by atomic mass is 9.90. The van der Waals surface area contributed by atoms with Gasteiger partial charge in [0.1, 0.15) is 5.75 Å². The molecule has 0 N–H and O–H groups in total. The summed E-state index contributed by atoms with van der Waals surface area (Å²) in [5.74, 6) is 1.92. The van der Waals surface area contributed by atoms with E-state index < -0.39 is 0 Å². The Morgan fingerprint density at radius 1 is 1.28 bits per heavy atom. The Hall–Kier alpha value is -1.31. The van der Waals surface area contributed by atoms with E-state index in [0.29, 0.717) is 6.42 Å². The number of fused-ring (bicyclic) bond motifs is 1. The average molecular weight is 246 g/mol. The van der Waals surface area contributed by atoms with Gasteiger partial charge in [-0.2, -0.15) is 0 Å². The van der Waals surface area contributed by atoms with Crippen molar-refractivity contribution in [3.05, 3.63) is 29.3 Å². The van der Waals surface area contributed by atoms with E-state index in [0.717, 1.165) is 48.7 Å². The monoisotopic (exact) mass is 246 g/mol. The fourth-order valence-corrected chi connectivity index (χ4v) is 2.39. The Balaban J connectivity index is 1.92. The number of benzene rings is 1. The van der Waals surface area contributed by atoms with E-state index in [9.17, 15) is 4.79 Å². The van der Waals surface area contributed by atoms with Gasteiger partial charge >= 0.3 is 0 Å². The normalized spacial score (nSPS) is 14.7. The number of hydrogen-bond acceptors (Lipinski definition) is 2. The Kier molecular flexibility index (Phi) is 4.40. The van der Waals surface area contributed by atoms with Gasteiger partial charge in [0.2, 0.25) is 0 Å². The lowest BCUT2D eigenvalue weighted by Gasteiger charge is -2.16. The number of rotatable bonds is 5. The molecule has 2 rings (SSSR count). The van der Waals surface area contributed by atoms with Crippen molar-refractivity contribution >= 4 is 5.78 Å². The summed E-state index contributed by atoms with van der Waals surface area (Å²) in [5, 5.41) is 0. The molecule has 1 aromatic carbocycles. The molecule has 18 heavy (non-hydrogen) atoms. The van der Waals surface area contributed by atoms with Gasteiger partial charge in [-0.15, -0.1) is 0 Å². The molecule has 0 spiro atoms. The molecule has 0 aromatic heterocycles. The summed E-state index contributed by atoms with van der Waals surface area (Å²) >= 11 is 0. The van der Waals surface area contributed by atoms with E-state index in [4.69, 9.17) is 4.74 Å². The standard InChI is InChI=1S/C16H22O2/c1-12(2)5-4-10-18-14-8-9-15-13(11-14)6-3-7-16(15)17/h8-9,11-12H,3-7,10H2,1-2H3. The van der Waals surface area contributed by atoms with E-state index in [1.54, 1.807) is 0 Å². The Morgan fingerprint density at radius 2 is 2.11 bits per heavy atom. The van der Waals surface area contributed by atoms with Crippen LogP contribution in [0.15, 0.2) is 18.2 Å². The molecule has 0 fully saturated rings. The quantitative estimate of drug-likeness (QED) is 0.733. The van der Waals surface area contributed by atoms with Gasteiger partial charge in [-0.1, -0.05) is 13.8 Å². The highest BCUT2D eigenvalue weighted by Crippen LogP contribution is 2.25. The van der Waals surface area contributed by atoms with Crippen LogP contribution in [-0.4, -0.2) is 12.4 Å². The van der Waals surface area contributed by atoms with E-state index in [1.165, 1.54) is 6.42 Å². The zero-order valence-electron chi connectivity index (χ0n) is 11.4. The van der Waals surface area contributed by atoms with Crippen LogP contribution in [0, 0.1) is 5.92 Å². The molecule has 0 radical (unpaired) electrons. The van der Waals surface area contributed by atoms with Crippen molar-refractivity contribution in [1.82, 2.24) is 0 Å². The summed E-state index contributed by atoms with van der Waals surface area (Å²) in [7, 11) is 0. The number of ketones is 1. The van der Waals surface area contributed by atoms with Crippen LogP contribution in [0.4, 0.5) is 0 Å². The molecule has 0 heterocycles. The number of Topliss-reactive ketones (excluding diaryl/α,β-unsaturated/α-hetero) is 1. The van der Waals surface area contributed by atoms with Gasteiger partial charge in [0.25, 0.3) is 0 Å². The van der Waals surface area contributed by atoms with Crippen LogP contribution >= 0.6 is 0 Å². The molecule has 0 amide bonds. The smallest absolute Gasteiger partial charge is 0.163 e. The highest BCUT2D eigenvalue weighted by molar-refractivity contribution is 5.98. The van der Waals surface area contributed by atoms with E-state index >= 15 is 0 Å². The predicted molar refractivity (Wildman–Crippen MR) is 73.3 cm³/mol. The Labute approximate surface area is 109 Å². The second-order valence-corrected chi connectivity index (χ2v) is 5.48. The van der Waals surface area contributed by atoms with Crippen LogP contribution in [0.25, 0.3) is 0 Å². The number of ether oxygens (including phenoxy) is 1. The third-order valence-electron chi connectivity index (χ3n) is 3.42. The fourth-order valence-electron chi connectivity index (χ4n) is 2.39. The Morgan fingerprint density at radius 3 is 2.89 bits per heavy atom. The lowest BCUT2D eigenvalue weighted by molar-refractivity contribution is 0.0972. The number of carbonyl (C=O) groups is 1. The molecule has 1 aromatic rings.